The predicted molar refractivity (Wildman–Crippen MR) is 122 cm³/mol. The lowest BCUT2D eigenvalue weighted by atomic mass is 9.93. The second-order valence-corrected chi connectivity index (χ2v) is 10.7. The number of carbonyl (C=O) groups is 2. The molecule has 8 nitrogen and oxygen atoms in total. The third-order valence-corrected chi connectivity index (χ3v) is 8.07. The average Bonchev–Trinajstić information content (AvgIpc) is 2.77. The molecule has 4 rings (SSSR count). The van der Waals surface area contributed by atoms with Crippen LogP contribution >= 0.6 is 0 Å². The second-order valence-electron chi connectivity index (χ2n) is 8.52. The first-order valence-electron chi connectivity index (χ1n) is 10.6. The van der Waals surface area contributed by atoms with Crippen LogP contribution < -0.4 is 10.6 Å². The average molecular weight is 457 g/mol. The third kappa shape index (κ3) is 4.15. The van der Waals surface area contributed by atoms with Crippen LogP contribution in [0.15, 0.2) is 47.4 Å². The molecule has 0 unspecified atom stereocenters. The number of rotatable bonds is 5. The molecular weight excluding hydrogens is 428 g/mol. The van der Waals surface area contributed by atoms with Gasteiger partial charge in [-0.15, -0.1) is 0 Å². The second kappa shape index (κ2) is 8.65. The summed E-state index contributed by atoms with van der Waals surface area (Å²) in [5.74, 6) is -0.565. The lowest BCUT2D eigenvalue weighted by Crippen LogP contribution is -2.52. The molecule has 1 atom stereocenters. The summed E-state index contributed by atoms with van der Waals surface area (Å²) in [6.07, 6.45) is 1.93. The van der Waals surface area contributed by atoms with Gasteiger partial charge in [-0.05, 0) is 54.2 Å². The van der Waals surface area contributed by atoms with Crippen LogP contribution in [0.1, 0.15) is 23.1 Å². The zero-order chi connectivity index (χ0) is 23.0. The summed E-state index contributed by atoms with van der Waals surface area (Å²) >= 11 is 0. The molecule has 0 radical (unpaired) electrons. The maximum absolute atomic E-state index is 13.3. The van der Waals surface area contributed by atoms with Crippen molar-refractivity contribution >= 4 is 27.5 Å². The van der Waals surface area contributed by atoms with E-state index in [1.807, 2.05) is 29.2 Å². The molecule has 2 heterocycles. The maximum atomic E-state index is 13.3. The number of nitrogens with two attached hydrogens (primary N) is 1. The van der Waals surface area contributed by atoms with E-state index in [0.29, 0.717) is 25.9 Å². The highest BCUT2D eigenvalue weighted by atomic mass is 32.2. The first-order valence-corrected chi connectivity index (χ1v) is 12.1. The van der Waals surface area contributed by atoms with Gasteiger partial charge in [-0.25, -0.2) is 12.7 Å². The molecule has 0 saturated heterocycles. The Labute approximate surface area is 188 Å². The number of benzene rings is 2. The largest absolute Gasteiger partial charge is 0.368 e. The highest BCUT2D eigenvalue weighted by molar-refractivity contribution is 7.89. The van der Waals surface area contributed by atoms with Crippen molar-refractivity contribution in [2.75, 3.05) is 32.1 Å². The number of fused-ring (bicyclic) bond motifs is 2. The molecule has 32 heavy (non-hydrogen) atoms. The van der Waals surface area contributed by atoms with Crippen LogP contribution in [0.2, 0.25) is 0 Å². The topological polar surface area (TPSA) is 104 Å². The predicted octanol–water partition coefficient (Wildman–Crippen LogP) is 1.13. The number of amides is 2. The number of primary amides is 1. The number of anilines is 1. The molecule has 0 bridgehead atoms. The first kappa shape index (κ1) is 22.4. The van der Waals surface area contributed by atoms with E-state index in [1.54, 1.807) is 23.1 Å². The Morgan fingerprint density at radius 3 is 2.50 bits per heavy atom. The number of aryl methyl sites for hydroxylation is 1. The molecule has 170 valence electrons. The summed E-state index contributed by atoms with van der Waals surface area (Å²) in [4.78, 5) is 29.2. The first-order chi connectivity index (χ1) is 15.2. The van der Waals surface area contributed by atoms with Crippen LogP contribution in [-0.2, 0) is 39.0 Å². The Balaban J connectivity index is 1.58. The zero-order valence-electron chi connectivity index (χ0n) is 18.3. The molecule has 0 fully saturated rings. The van der Waals surface area contributed by atoms with E-state index in [-0.39, 0.29) is 17.3 Å². The molecule has 9 heteroatoms. The Bertz CT molecular complexity index is 1160. The van der Waals surface area contributed by atoms with Gasteiger partial charge in [0.05, 0.1) is 17.5 Å². The number of carbonyl (C=O) groups excluding carboxylic acids is 2. The Morgan fingerprint density at radius 1 is 1.09 bits per heavy atom. The van der Waals surface area contributed by atoms with E-state index in [9.17, 15) is 18.0 Å². The molecule has 2 amide bonds. The lowest BCUT2D eigenvalue weighted by molar-refractivity contribution is -0.126. The van der Waals surface area contributed by atoms with Gasteiger partial charge in [0.25, 0.3) is 0 Å². The van der Waals surface area contributed by atoms with E-state index >= 15 is 0 Å². The summed E-state index contributed by atoms with van der Waals surface area (Å²) in [6, 6.07) is 12.3. The monoisotopic (exact) mass is 456 g/mol. The summed E-state index contributed by atoms with van der Waals surface area (Å²) in [5, 5.41) is 0. The van der Waals surface area contributed by atoms with E-state index in [1.165, 1.54) is 18.4 Å². The lowest BCUT2D eigenvalue weighted by Gasteiger charge is -2.37. The van der Waals surface area contributed by atoms with E-state index < -0.39 is 22.0 Å². The molecule has 0 aliphatic carbocycles. The summed E-state index contributed by atoms with van der Waals surface area (Å²) in [7, 11) is -0.553. The van der Waals surface area contributed by atoms with Crippen LogP contribution in [0.3, 0.4) is 0 Å². The number of hydrogen-bond acceptors (Lipinski definition) is 5. The Hall–Kier alpha value is -2.75. The number of nitrogens with zero attached hydrogens (tertiary/aromatic N) is 3. The maximum Gasteiger partial charge on any atom is 0.242 e. The van der Waals surface area contributed by atoms with E-state index in [0.717, 1.165) is 28.8 Å². The summed E-state index contributed by atoms with van der Waals surface area (Å²) in [5.41, 5.74) is 9.40. The van der Waals surface area contributed by atoms with Crippen LogP contribution in [-0.4, -0.2) is 62.7 Å². The summed E-state index contributed by atoms with van der Waals surface area (Å²) in [6.45, 7) is 1.10. The van der Waals surface area contributed by atoms with Gasteiger partial charge >= 0.3 is 0 Å². The zero-order valence-corrected chi connectivity index (χ0v) is 19.1. The van der Waals surface area contributed by atoms with Gasteiger partial charge in [-0.3, -0.25) is 14.5 Å². The van der Waals surface area contributed by atoms with Crippen LogP contribution in [0.25, 0.3) is 0 Å². The fraction of sp³-hybridized carbons (Fsp3) is 0.391. The molecule has 0 spiro atoms. The van der Waals surface area contributed by atoms with Crippen molar-refractivity contribution in [3.05, 3.63) is 59.2 Å². The quantitative estimate of drug-likeness (QED) is 0.726. The Kier molecular flexibility index (Phi) is 6.07. The van der Waals surface area contributed by atoms with E-state index in [2.05, 4.69) is 0 Å². The molecule has 2 N–H and O–H groups in total. The molecular formula is C23H28N4O4S. The van der Waals surface area contributed by atoms with Gasteiger partial charge < -0.3 is 10.6 Å². The molecule has 0 saturated carbocycles. The van der Waals surface area contributed by atoms with Gasteiger partial charge in [0.1, 0.15) is 0 Å². The van der Waals surface area contributed by atoms with Crippen molar-refractivity contribution in [2.45, 2.75) is 36.7 Å². The van der Waals surface area contributed by atoms with Crippen LogP contribution in [0.4, 0.5) is 5.69 Å². The summed E-state index contributed by atoms with van der Waals surface area (Å²) < 4.78 is 26.2. The van der Waals surface area contributed by atoms with Crippen molar-refractivity contribution in [2.24, 2.45) is 5.73 Å². The standard InChI is InChI=1S/C23H28N4O4S/c1-25(2)32(30,31)19-9-10-20-17(12-19)8-5-11-27(20)22(28)15-26-14-18-7-4-3-6-16(18)13-21(26)23(24)29/h3-4,6-7,9-10,12,21H,5,8,11,13-15H2,1-2H3,(H2,24,29)/t21-/m0/s1. The fourth-order valence-electron chi connectivity index (χ4n) is 4.49. The molecule has 2 aromatic carbocycles. The SMILES string of the molecule is CN(C)S(=O)(=O)c1ccc2c(c1)CCCN2C(=O)CN1Cc2ccccc2C[C@H]1C(N)=O. The Morgan fingerprint density at radius 2 is 1.81 bits per heavy atom. The minimum Gasteiger partial charge on any atom is -0.368 e. The van der Waals surface area contributed by atoms with Gasteiger partial charge in [-0.1, -0.05) is 24.3 Å². The van der Waals surface area contributed by atoms with Crippen molar-refractivity contribution < 1.29 is 18.0 Å². The normalized spacial score (nSPS) is 18.8. The smallest absolute Gasteiger partial charge is 0.242 e. The fourth-order valence-corrected chi connectivity index (χ4v) is 5.44. The molecule has 0 aromatic heterocycles. The van der Waals surface area contributed by atoms with Crippen LogP contribution in [0.5, 0.6) is 0 Å². The highest BCUT2D eigenvalue weighted by Crippen LogP contribution is 2.31. The van der Waals surface area contributed by atoms with Crippen molar-refractivity contribution in [3.63, 3.8) is 0 Å². The van der Waals surface area contributed by atoms with Crippen molar-refractivity contribution in [1.82, 2.24) is 9.21 Å². The van der Waals surface area contributed by atoms with Crippen molar-refractivity contribution in [3.8, 4) is 0 Å². The number of sulfonamides is 1. The van der Waals surface area contributed by atoms with Gasteiger partial charge in [-0.2, -0.15) is 0 Å². The van der Waals surface area contributed by atoms with Crippen LogP contribution in [0, 0.1) is 0 Å². The van der Waals surface area contributed by atoms with E-state index in [4.69, 9.17) is 5.73 Å². The number of hydrogen-bond donors (Lipinski definition) is 1. The highest BCUT2D eigenvalue weighted by Gasteiger charge is 2.33. The molecule has 2 aromatic rings. The minimum atomic E-state index is -3.55. The third-order valence-electron chi connectivity index (χ3n) is 6.26. The van der Waals surface area contributed by atoms with Gasteiger partial charge in [0.2, 0.25) is 21.8 Å². The van der Waals surface area contributed by atoms with Crippen molar-refractivity contribution in [1.29, 1.82) is 0 Å². The minimum absolute atomic E-state index is 0.0686. The molecule has 2 aliphatic heterocycles. The van der Waals surface area contributed by atoms with Gasteiger partial charge in [0, 0.05) is 32.9 Å². The van der Waals surface area contributed by atoms with Gasteiger partial charge in [0.15, 0.2) is 0 Å². The molecule has 2 aliphatic rings.